The van der Waals surface area contributed by atoms with Crippen LogP contribution in [0.5, 0.6) is 0 Å². The molecule has 1 aliphatic heterocycles. The predicted molar refractivity (Wildman–Crippen MR) is 111 cm³/mol. The molecule has 150 valence electrons. The second-order valence-corrected chi connectivity index (χ2v) is 7.12. The van der Waals surface area contributed by atoms with E-state index in [2.05, 4.69) is 26.1 Å². The number of hydrogen-bond donors (Lipinski definition) is 4. The van der Waals surface area contributed by atoms with Crippen molar-refractivity contribution >= 4 is 34.2 Å². The first kappa shape index (κ1) is 18.9. The molecule has 2 heterocycles. The first-order chi connectivity index (χ1) is 14.1. The number of anilines is 2. The van der Waals surface area contributed by atoms with Gasteiger partial charge >= 0.3 is 6.03 Å². The molecule has 3 amide bonds. The molecule has 8 heteroatoms. The molecular weight excluding hydrogens is 370 g/mol. The quantitative estimate of drug-likeness (QED) is 0.533. The maximum absolute atomic E-state index is 12.6. The van der Waals surface area contributed by atoms with Gasteiger partial charge in [-0.1, -0.05) is 11.6 Å². The average molecular weight is 393 g/mol. The molecule has 0 aliphatic carbocycles. The van der Waals surface area contributed by atoms with Gasteiger partial charge in [0.25, 0.3) is 5.91 Å². The average Bonchev–Trinajstić information content (AvgIpc) is 3.37. The number of carbonyl (C=O) groups excluding carboxylic acids is 2. The Morgan fingerprint density at radius 1 is 1.14 bits per heavy atom. The molecule has 4 N–H and O–H groups in total. The van der Waals surface area contributed by atoms with Crippen molar-refractivity contribution in [1.29, 1.82) is 0 Å². The highest BCUT2D eigenvalue weighted by molar-refractivity contribution is 6.11. The molecule has 0 spiro atoms. The third kappa shape index (κ3) is 4.55. The molecule has 29 heavy (non-hydrogen) atoms. The number of benzene rings is 2. The van der Waals surface area contributed by atoms with Crippen LogP contribution in [0.4, 0.5) is 16.2 Å². The van der Waals surface area contributed by atoms with Gasteiger partial charge in [0.15, 0.2) is 5.69 Å². The maximum atomic E-state index is 12.6. The third-order valence-electron chi connectivity index (χ3n) is 4.85. The van der Waals surface area contributed by atoms with E-state index >= 15 is 0 Å². The molecule has 1 fully saturated rings. The van der Waals surface area contributed by atoms with Crippen LogP contribution in [-0.4, -0.2) is 41.4 Å². The highest BCUT2D eigenvalue weighted by atomic mass is 16.5. The Labute approximate surface area is 168 Å². The van der Waals surface area contributed by atoms with Gasteiger partial charge < -0.3 is 20.7 Å². The summed E-state index contributed by atoms with van der Waals surface area (Å²) in [4.78, 5) is 24.6. The molecule has 0 saturated carbocycles. The largest absolute Gasteiger partial charge is 0.376 e. The molecule has 1 unspecified atom stereocenters. The van der Waals surface area contributed by atoms with Crippen LogP contribution in [0.2, 0.25) is 0 Å². The number of hydrogen-bond acceptors (Lipinski definition) is 4. The van der Waals surface area contributed by atoms with Crippen molar-refractivity contribution < 1.29 is 14.3 Å². The minimum atomic E-state index is -0.295. The summed E-state index contributed by atoms with van der Waals surface area (Å²) in [5.74, 6) is -0.295. The number of rotatable bonds is 5. The maximum Gasteiger partial charge on any atom is 0.319 e. The number of carbonyl (C=O) groups is 2. The summed E-state index contributed by atoms with van der Waals surface area (Å²) in [6.07, 6.45) is 2.11. The van der Waals surface area contributed by atoms with Gasteiger partial charge in [-0.25, -0.2) is 4.79 Å². The molecule has 8 nitrogen and oxygen atoms in total. The van der Waals surface area contributed by atoms with Crippen molar-refractivity contribution in [2.24, 2.45) is 0 Å². The van der Waals surface area contributed by atoms with Crippen molar-refractivity contribution in [2.45, 2.75) is 25.9 Å². The zero-order chi connectivity index (χ0) is 20.2. The summed E-state index contributed by atoms with van der Waals surface area (Å²) in [5.41, 5.74) is 3.47. The van der Waals surface area contributed by atoms with Crippen molar-refractivity contribution in [3.63, 3.8) is 0 Å². The fraction of sp³-hybridized carbons (Fsp3) is 0.286. The Bertz CT molecular complexity index is 1020. The number of aromatic amines is 1. The zero-order valence-corrected chi connectivity index (χ0v) is 16.1. The molecule has 0 bridgehead atoms. The fourth-order valence-corrected chi connectivity index (χ4v) is 3.32. The first-order valence-electron chi connectivity index (χ1n) is 9.61. The molecular formula is C21H23N5O3. The van der Waals surface area contributed by atoms with Crippen LogP contribution < -0.4 is 16.0 Å². The summed E-state index contributed by atoms with van der Waals surface area (Å²) in [5, 5.41) is 16.2. The summed E-state index contributed by atoms with van der Waals surface area (Å²) in [6, 6.07) is 12.4. The Hall–Kier alpha value is -3.39. The number of aromatic nitrogens is 2. The fourth-order valence-electron chi connectivity index (χ4n) is 3.32. The molecule has 1 aliphatic rings. The first-order valence-corrected chi connectivity index (χ1v) is 9.61. The second-order valence-electron chi connectivity index (χ2n) is 7.12. The van der Waals surface area contributed by atoms with Crippen molar-refractivity contribution in [1.82, 2.24) is 15.5 Å². The lowest BCUT2D eigenvalue weighted by molar-refractivity contribution is 0.102. The van der Waals surface area contributed by atoms with Crippen LogP contribution in [0.15, 0.2) is 42.5 Å². The van der Waals surface area contributed by atoms with Gasteiger partial charge in [0, 0.05) is 29.9 Å². The minimum absolute atomic E-state index is 0.0975. The molecule has 4 rings (SSSR count). The molecule has 2 aromatic carbocycles. The summed E-state index contributed by atoms with van der Waals surface area (Å²) >= 11 is 0. The molecule has 0 radical (unpaired) electrons. The lowest BCUT2D eigenvalue weighted by Gasteiger charge is -2.12. The van der Waals surface area contributed by atoms with E-state index in [1.165, 1.54) is 0 Å². The van der Waals surface area contributed by atoms with Crippen LogP contribution in [0.1, 0.15) is 28.9 Å². The number of nitrogens with zero attached hydrogens (tertiary/aromatic N) is 1. The van der Waals surface area contributed by atoms with Crippen LogP contribution in [-0.2, 0) is 4.74 Å². The Balaban J connectivity index is 1.34. The van der Waals surface area contributed by atoms with E-state index in [0.29, 0.717) is 23.6 Å². The number of fused-ring (bicyclic) bond motifs is 1. The van der Waals surface area contributed by atoms with Gasteiger partial charge in [-0.15, -0.1) is 0 Å². The van der Waals surface area contributed by atoms with Crippen molar-refractivity contribution in [3.05, 3.63) is 53.7 Å². The van der Waals surface area contributed by atoms with Crippen LogP contribution in [0.25, 0.3) is 10.9 Å². The van der Waals surface area contributed by atoms with Crippen LogP contribution >= 0.6 is 0 Å². The van der Waals surface area contributed by atoms with E-state index < -0.39 is 0 Å². The van der Waals surface area contributed by atoms with E-state index in [1.807, 2.05) is 25.1 Å². The highest BCUT2D eigenvalue weighted by Crippen LogP contribution is 2.20. The Kier molecular flexibility index (Phi) is 5.44. The van der Waals surface area contributed by atoms with E-state index in [9.17, 15) is 9.59 Å². The standard InChI is InChI=1S/C21H23N5O3/c1-13-4-9-18-17(11-13)19(26-25-18)20(27)23-14-5-7-15(8-6-14)24-21(28)22-12-16-3-2-10-29-16/h4-9,11,16H,2-3,10,12H2,1H3,(H,23,27)(H,25,26)(H2,22,24,28). The topological polar surface area (TPSA) is 108 Å². The van der Waals surface area contributed by atoms with E-state index in [0.717, 1.165) is 35.9 Å². The number of H-pyrrole nitrogens is 1. The van der Waals surface area contributed by atoms with Gasteiger partial charge in [-0.3, -0.25) is 9.89 Å². The normalized spacial score (nSPS) is 16.0. The highest BCUT2D eigenvalue weighted by Gasteiger charge is 2.16. The number of aryl methyl sites for hydroxylation is 1. The van der Waals surface area contributed by atoms with Crippen LogP contribution in [0.3, 0.4) is 0 Å². The number of ether oxygens (including phenoxy) is 1. The van der Waals surface area contributed by atoms with Crippen LogP contribution in [0, 0.1) is 6.92 Å². The zero-order valence-electron chi connectivity index (χ0n) is 16.1. The summed E-state index contributed by atoms with van der Waals surface area (Å²) in [6.45, 7) is 3.22. The number of amides is 3. The van der Waals surface area contributed by atoms with Gasteiger partial charge in [0.05, 0.1) is 11.6 Å². The molecule has 3 aromatic rings. The van der Waals surface area contributed by atoms with E-state index in [4.69, 9.17) is 4.74 Å². The molecule has 1 atom stereocenters. The lowest BCUT2D eigenvalue weighted by Crippen LogP contribution is -2.35. The molecule has 1 aromatic heterocycles. The third-order valence-corrected chi connectivity index (χ3v) is 4.85. The molecule has 1 saturated heterocycles. The summed E-state index contributed by atoms with van der Waals surface area (Å²) in [7, 11) is 0. The Morgan fingerprint density at radius 2 is 1.90 bits per heavy atom. The van der Waals surface area contributed by atoms with Crippen molar-refractivity contribution in [3.8, 4) is 0 Å². The van der Waals surface area contributed by atoms with Crippen molar-refractivity contribution in [2.75, 3.05) is 23.8 Å². The monoisotopic (exact) mass is 393 g/mol. The van der Waals surface area contributed by atoms with Gasteiger partial charge in [-0.05, 0) is 56.2 Å². The lowest BCUT2D eigenvalue weighted by atomic mass is 10.1. The predicted octanol–water partition coefficient (Wildman–Crippen LogP) is 3.42. The van der Waals surface area contributed by atoms with Gasteiger partial charge in [0.1, 0.15) is 0 Å². The number of nitrogens with one attached hydrogen (secondary N) is 4. The van der Waals surface area contributed by atoms with Gasteiger partial charge in [0.2, 0.25) is 0 Å². The van der Waals surface area contributed by atoms with Gasteiger partial charge in [-0.2, -0.15) is 5.10 Å². The second kappa shape index (κ2) is 8.32. The Morgan fingerprint density at radius 3 is 2.62 bits per heavy atom. The number of urea groups is 1. The summed E-state index contributed by atoms with van der Waals surface area (Å²) < 4.78 is 5.48. The SMILES string of the molecule is Cc1ccc2[nH]nc(C(=O)Nc3ccc(NC(=O)NCC4CCCO4)cc3)c2c1. The minimum Gasteiger partial charge on any atom is -0.376 e. The van der Waals surface area contributed by atoms with E-state index in [-0.39, 0.29) is 18.0 Å². The van der Waals surface area contributed by atoms with E-state index in [1.54, 1.807) is 24.3 Å². The smallest absolute Gasteiger partial charge is 0.319 e.